The summed E-state index contributed by atoms with van der Waals surface area (Å²) in [5.74, 6) is -0.134. The first kappa shape index (κ1) is 12.1. The van der Waals surface area contributed by atoms with Crippen LogP contribution in [0.3, 0.4) is 0 Å². The van der Waals surface area contributed by atoms with E-state index in [1.807, 2.05) is 26.0 Å². The van der Waals surface area contributed by atoms with Gasteiger partial charge in [-0.3, -0.25) is 4.79 Å². The molecule has 0 radical (unpaired) electrons. The minimum atomic E-state index is -0.134. The van der Waals surface area contributed by atoms with Gasteiger partial charge in [0.15, 0.2) is 0 Å². The van der Waals surface area contributed by atoms with E-state index < -0.39 is 0 Å². The summed E-state index contributed by atoms with van der Waals surface area (Å²) in [6.45, 7) is 4.51. The van der Waals surface area contributed by atoms with Crippen LogP contribution in [0.25, 0.3) is 10.4 Å². The highest BCUT2D eigenvalue weighted by Gasteiger charge is 2.07. The Bertz CT molecular complexity index is 436. The Kier molecular flexibility index (Phi) is 4.36. The van der Waals surface area contributed by atoms with Crippen LogP contribution >= 0.6 is 0 Å². The molecular weight excluding hydrogens is 204 g/mol. The lowest BCUT2D eigenvalue weighted by Crippen LogP contribution is -2.26. The van der Waals surface area contributed by atoms with Crippen molar-refractivity contribution in [2.45, 2.75) is 13.8 Å². The number of amides is 1. The first-order chi connectivity index (χ1) is 7.65. The molecule has 0 atom stereocenters. The molecule has 1 amide bonds. The lowest BCUT2D eigenvalue weighted by atomic mass is 10.1. The molecule has 5 nitrogen and oxygen atoms in total. The summed E-state index contributed by atoms with van der Waals surface area (Å²) in [4.78, 5) is 14.3. The maximum Gasteiger partial charge on any atom is 0.251 e. The van der Waals surface area contributed by atoms with Crippen molar-refractivity contribution in [1.82, 2.24) is 5.32 Å². The summed E-state index contributed by atoms with van der Waals surface area (Å²) in [6.07, 6.45) is 0. The van der Waals surface area contributed by atoms with E-state index in [9.17, 15) is 4.79 Å². The van der Waals surface area contributed by atoms with E-state index in [0.29, 0.717) is 12.1 Å². The Balaban J connectivity index is 2.62. The molecule has 0 aliphatic rings. The smallest absolute Gasteiger partial charge is 0.251 e. The number of carbonyl (C=O) groups is 1. The topological polar surface area (TPSA) is 77.9 Å². The van der Waals surface area contributed by atoms with Crippen molar-refractivity contribution in [1.29, 1.82) is 0 Å². The van der Waals surface area contributed by atoms with E-state index >= 15 is 0 Å². The van der Waals surface area contributed by atoms with E-state index in [-0.39, 0.29) is 12.5 Å². The second-order valence-electron chi connectivity index (χ2n) is 3.53. The predicted octanol–water partition coefficient (Wildman–Crippen LogP) is 2.34. The molecule has 0 heterocycles. The van der Waals surface area contributed by atoms with Crippen LogP contribution in [-0.4, -0.2) is 19.0 Å². The highest BCUT2D eigenvalue weighted by molar-refractivity contribution is 5.95. The van der Waals surface area contributed by atoms with Crippen molar-refractivity contribution in [3.05, 3.63) is 45.3 Å². The summed E-state index contributed by atoms with van der Waals surface area (Å²) >= 11 is 0. The van der Waals surface area contributed by atoms with Gasteiger partial charge in [0.05, 0.1) is 0 Å². The number of nitrogens with zero attached hydrogens (tertiary/aromatic N) is 3. The maximum absolute atomic E-state index is 11.7. The highest BCUT2D eigenvalue weighted by atomic mass is 16.1. The fourth-order valence-electron chi connectivity index (χ4n) is 1.43. The van der Waals surface area contributed by atoms with E-state index in [1.54, 1.807) is 6.07 Å². The van der Waals surface area contributed by atoms with Gasteiger partial charge in [-0.15, -0.1) is 0 Å². The van der Waals surface area contributed by atoms with Crippen LogP contribution in [0.5, 0.6) is 0 Å². The van der Waals surface area contributed by atoms with Crippen LogP contribution in [0.15, 0.2) is 23.3 Å². The van der Waals surface area contributed by atoms with Gasteiger partial charge < -0.3 is 5.32 Å². The van der Waals surface area contributed by atoms with Crippen LogP contribution in [0, 0.1) is 13.8 Å². The van der Waals surface area contributed by atoms with Crippen molar-refractivity contribution in [3.63, 3.8) is 0 Å². The van der Waals surface area contributed by atoms with Crippen LogP contribution in [-0.2, 0) is 0 Å². The van der Waals surface area contributed by atoms with Crippen LogP contribution in [0.1, 0.15) is 21.5 Å². The van der Waals surface area contributed by atoms with Crippen molar-refractivity contribution in [2.24, 2.45) is 5.11 Å². The number of nitrogens with one attached hydrogen (secondary N) is 1. The quantitative estimate of drug-likeness (QED) is 0.358. The third-order valence-electron chi connectivity index (χ3n) is 2.19. The molecule has 0 aromatic heterocycles. The summed E-state index contributed by atoms with van der Waals surface area (Å²) in [5.41, 5.74) is 10.8. The van der Waals surface area contributed by atoms with Crippen molar-refractivity contribution in [2.75, 3.05) is 13.1 Å². The van der Waals surface area contributed by atoms with Gasteiger partial charge in [-0.25, -0.2) is 0 Å². The fourth-order valence-corrected chi connectivity index (χ4v) is 1.43. The largest absolute Gasteiger partial charge is 0.352 e. The maximum atomic E-state index is 11.7. The van der Waals surface area contributed by atoms with E-state index in [1.165, 1.54) is 0 Å². The van der Waals surface area contributed by atoms with E-state index in [4.69, 9.17) is 5.53 Å². The van der Waals surface area contributed by atoms with Gasteiger partial charge in [-0.2, -0.15) is 0 Å². The molecule has 84 valence electrons. The first-order valence-corrected chi connectivity index (χ1v) is 5.01. The zero-order valence-corrected chi connectivity index (χ0v) is 9.40. The highest BCUT2D eigenvalue weighted by Crippen LogP contribution is 2.09. The molecule has 1 aromatic carbocycles. The molecule has 16 heavy (non-hydrogen) atoms. The standard InChI is InChI=1S/C11H14N4O/c1-8-3-4-10(9(2)7-8)11(16)13-5-6-14-15-12/h3-4,7H,5-6H2,1-2H3,(H,13,16). The molecule has 1 N–H and O–H groups in total. The van der Waals surface area contributed by atoms with Gasteiger partial charge >= 0.3 is 0 Å². The summed E-state index contributed by atoms with van der Waals surface area (Å²) in [6, 6.07) is 5.66. The van der Waals surface area contributed by atoms with Gasteiger partial charge in [0.2, 0.25) is 0 Å². The molecule has 0 saturated heterocycles. The number of benzene rings is 1. The monoisotopic (exact) mass is 218 g/mol. The molecule has 0 aliphatic carbocycles. The summed E-state index contributed by atoms with van der Waals surface area (Å²) in [5, 5.41) is 6.03. The van der Waals surface area contributed by atoms with Gasteiger partial charge in [0.1, 0.15) is 0 Å². The number of azide groups is 1. The van der Waals surface area contributed by atoms with E-state index in [0.717, 1.165) is 11.1 Å². The van der Waals surface area contributed by atoms with Gasteiger partial charge in [-0.05, 0) is 31.0 Å². The average molecular weight is 218 g/mol. The van der Waals surface area contributed by atoms with E-state index in [2.05, 4.69) is 15.3 Å². The van der Waals surface area contributed by atoms with Crippen LogP contribution in [0.4, 0.5) is 0 Å². The van der Waals surface area contributed by atoms with Gasteiger partial charge in [0, 0.05) is 23.6 Å². The third kappa shape index (κ3) is 3.29. The fraction of sp³-hybridized carbons (Fsp3) is 0.364. The van der Waals surface area contributed by atoms with Crippen molar-refractivity contribution < 1.29 is 4.79 Å². The molecule has 0 fully saturated rings. The third-order valence-corrected chi connectivity index (χ3v) is 2.19. The lowest BCUT2D eigenvalue weighted by Gasteiger charge is -2.07. The minimum Gasteiger partial charge on any atom is -0.352 e. The second-order valence-corrected chi connectivity index (χ2v) is 3.53. The summed E-state index contributed by atoms with van der Waals surface area (Å²) < 4.78 is 0. The number of hydrogen-bond acceptors (Lipinski definition) is 2. The van der Waals surface area contributed by atoms with Crippen molar-refractivity contribution >= 4 is 5.91 Å². The Morgan fingerprint density at radius 1 is 1.50 bits per heavy atom. The molecule has 5 heteroatoms. The van der Waals surface area contributed by atoms with Gasteiger partial charge in [-0.1, -0.05) is 22.8 Å². The molecule has 1 rings (SSSR count). The first-order valence-electron chi connectivity index (χ1n) is 5.01. The molecule has 0 saturated carbocycles. The summed E-state index contributed by atoms with van der Waals surface area (Å²) in [7, 11) is 0. The molecular formula is C11H14N4O. The normalized spacial score (nSPS) is 9.38. The zero-order chi connectivity index (χ0) is 12.0. The number of hydrogen-bond donors (Lipinski definition) is 1. The lowest BCUT2D eigenvalue weighted by molar-refractivity contribution is 0.0954. The average Bonchev–Trinajstić information content (AvgIpc) is 2.24. The molecule has 0 bridgehead atoms. The second kappa shape index (κ2) is 5.78. The number of rotatable bonds is 4. The Hall–Kier alpha value is -2.00. The SMILES string of the molecule is Cc1ccc(C(=O)NCCN=[N+]=[N-])c(C)c1. The Labute approximate surface area is 94.1 Å². The molecule has 0 unspecified atom stereocenters. The Morgan fingerprint density at radius 2 is 2.25 bits per heavy atom. The van der Waals surface area contributed by atoms with Crippen molar-refractivity contribution in [3.8, 4) is 0 Å². The molecule has 0 spiro atoms. The molecule has 0 aliphatic heterocycles. The minimum absolute atomic E-state index is 0.134. The van der Waals surface area contributed by atoms with Crippen LogP contribution in [0.2, 0.25) is 0 Å². The number of carbonyl (C=O) groups excluding carboxylic acids is 1. The number of aryl methyl sites for hydroxylation is 2. The molecule has 1 aromatic rings. The van der Waals surface area contributed by atoms with Crippen LogP contribution < -0.4 is 5.32 Å². The Morgan fingerprint density at radius 3 is 2.88 bits per heavy atom. The van der Waals surface area contributed by atoms with Gasteiger partial charge in [0.25, 0.3) is 5.91 Å². The zero-order valence-electron chi connectivity index (χ0n) is 9.40. The predicted molar refractivity (Wildman–Crippen MR) is 62.3 cm³/mol.